The van der Waals surface area contributed by atoms with Crippen molar-refractivity contribution in [1.29, 1.82) is 0 Å². The Morgan fingerprint density at radius 2 is 2.36 bits per heavy atom. The van der Waals surface area contributed by atoms with Gasteiger partial charge >= 0.3 is 0 Å². The van der Waals surface area contributed by atoms with Gasteiger partial charge in [0.25, 0.3) is 0 Å². The quantitative estimate of drug-likeness (QED) is 0.645. The van der Waals surface area contributed by atoms with Crippen LogP contribution >= 0.6 is 0 Å². The van der Waals surface area contributed by atoms with E-state index in [4.69, 9.17) is 0 Å². The van der Waals surface area contributed by atoms with Crippen LogP contribution in [-0.4, -0.2) is 50.1 Å². The van der Waals surface area contributed by atoms with Gasteiger partial charge in [-0.1, -0.05) is 6.92 Å². The lowest BCUT2D eigenvalue weighted by molar-refractivity contribution is -0.119. The van der Waals surface area contributed by atoms with Gasteiger partial charge in [-0.3, -0.25) is 9.69 Å². The zero-order valence-corrected chi connectivity index (χ0v) is 9.18. The number of likely N-dealkylation sites (tertiary alicyclic amines) is 1. The minimum absolute atomic E-state index is 0.0612. The van der Waals surface area contributed by atoms with Crippen LogP contribution in [0.3, 0.4) is 0 Å². The van der Waals surface area contributed by atoms with Gasteiger partial charge in [0.1, 0.15) is 0 Å². The van der Waals surface area contributed by atoms with Crippen molar-refractivity contribution >= 4 is 5.91 Å². The van der Waals surface area contributed by atoms with Gasteiger partial charge in [-0.25, -0.2) is 0 Å². The zero-order chi connectivity index (χ0) is 10.4. The first kappa shape index (κ1) is 11.5. The van der Waals surface area contributed by atoms with Gasteiger partial charge < -0.3 is 10.6 Å². The molecule has 14 heavy (non-hydrogen) atoms. The number of carbonyl (C=O) groups excluding carboxylic acids is 1. The number of hydrogen-bond donors (Lipinski definition) is 2. The SMILES string of the molecule is CCN1CCCC1CNCC(=O)NC. The van der Waals surface area contributed by atoms with E-state index in [-0.39, 0.29) is 5.91 Å². The predicted molar refractivity (Wildman–Crippen MR) is 57.2 cm³/mol. The molecule has 1 fully saturated rings. The van der Waals surface area contributed by atoms with Gasteiger partial charge in [0.2, 0.25) is 5.91 Å². The molecule has 1 saturated heterocycles. The lowest BCUT2D eigenvalue weighted by atomic mass is 10.2. The third kappa shape index (κ3) is 3.27. The predicted octanol–water partition coefficient (Wildman–Crippen LogP) is -0.194. The van der Waals surface area contributed by atoms with E-state index < -0.39 is 0 Å². The van der Waals surface area contributed by atoms with Crippen LogP contribution in [-0.2, 0) is 4.79 Å². The number of nitrogens with zero attached hydrogens (tertiary/aromatic N) is 1. The molecule has 4 nitrogen and oxygen atoms in total. The molecule has 0 aromatic heterocycles. The van der Waals surface area contributed by atoms with Crippen LogP contribution in [0.2, 0.25) is 0 Å². The molecular weight excluding hydrogens is 178 g/mol. The monoisotopic (exact) mass is 199 g/mol. The van der Waals surface area contributed by atoms with E-state index in [2.05, 4.69) is 22.5 Å². The Labute approximate surface area is 86.0 Å². The first-order valence-corrected chi connectivity index (χ1v) is 5.43. The van der Waals surface area contributed by atoms with Crippen molar-refractivity contribution in [3.63, 3.8) is 0 Å². The maximum absolute atomic E-state index is 10.9. The van der Waals surface area contributed by atoms with Crippen LogP contribution in [0.1, 0.15) is 19.8 Å². The Morgan fingerprint density at radius 1 is 1.57 bits per heavy atom. The summed E-state index contributed by atoms with van der Waals surface area (Å²) < 4.78 is 0. The molecule has 4 heteroatoms. The molecular formula is C10H21N3O. The molecule has 1 heterocycles. The average Bonchev–Trinajstić information content (AvgIpc) is 2.65. The van der Waals surface area contributed by atoms with Gasteiger partial charge in [0.15, 0.2) is 0 Å². The Balaban J connectivity index is 2.14. The normalized spacial score (nSPS) is 22.6. The Kier molecular flexibility index (Phi) is 4.90. The Morgan fingerprint density at radius 3 is 3.00 bits per heavy atom. The molecule has 0 radical (unpaired) electrons. The topological polar surface area (TPSA) is 44.4 Å². The van der Waals surface area contributed by atoms with Crippen LogP contribution in [0.25, 0.3) is 0 Å². The molecule has 0 aromatic rings. The van der Waals surface area contributed by atoms with Gasteiger partial charge in [-0.05, 0) is 25.9 Å². The summed E-state index contributed by atoms with van der Waals surface area (Å²) in [6.07, 6.45) is 2.55. The molecule has 0 aliphatic carbocycles. The fraction of sp³-hybridized carbons (Fsp3) is 0.900. The van der Waals surface area contributed by atoms with Crippen LogP contribution < -0.4 is 10.6 Å². The summed E-state index contributed by atoms with van der Waals surface area (Å²) in [4.78, 5) is 13.4. The molecule has 1 rings (SSSR count). The van der Waals surface area contributed by atoms with E-state index in [0.717, 1.165) is 13.1 Å². The highest BCUT2D eigenvalue weighted by molar-refractivity contribution is 5.77. The van der Waals surface area contributed by atoms with Crippen molar-refractivity contribution in [3.05, 3.63) is 0 Å². The van der Waals surface area contributed by atoms with E-state index >= 15 is 0 Å². The Hall–Kier alpha value is -0.610. The summed E-state index contributed by atoms with van der Waals surface area (Å²) in [5, 5.41) is 5.79. The van der Waals surface area contributed by atoms with Crippen LogP contribution in [0.4, 0.5) is 0 Å². The summed E-state index contributed by atoms with van der Waals surface area (Å²) in [6.45, 7) is 5.89. The van der Waals surface area contributed by atoms with Gasteiger partial charge in [0, 0.05) is 19.6 Å². The first-order valence-electron chi connectivity index (χ1n) is 5.43. The molecule has 1 aliphatic heterocycles. The van der Waals surface area contributed by atoms with Gasteiger partial charge in [0.05, 0.1) is 6.54 Å². The Bertz CT molecular complexity index is 184. The standard InChI is InChI=1S/C10H21N3O/c1-3-13-6-4-5-9(13)7-12-8-10(14)11-2/h9,12H,3-8H2,1-2H3,(H,11,14). The fourth-order valence-electron chi connectivity index (χ4n) is 1.98. The second-order valence-corrected chi connectivity index (χ2v) is 3.73. The molecule has 0 bridgehead atoms. The maximum atomic E-state index is 10.9. The smallest absolute Gasteiger partial charge is 0.233 e. The highest BCUT2D eigenvalue weighted by atomic mass is 16.1. The van der Waals surface area contributed by atoms with Crippen LogP contribution in [0.5, 0.6) is 0 Å². The molecule has 0 spiro atoms. The van der Waals surface area contributed by atoms with E-state index in [1.807, 2.05) is 0 Å². The summed E-state index contributed by atoms with van der Waals surface area (Å²) in [7, 11) is 1.66. The van der Waals surface area contributed by atoms with Crippen LogP contribution in [0, 0.1) is 0 Å². The van der Waals surface area contributed by atoms with E-state index in [9.17, 15) is 4.79 Å². The van der Waals surface area contributed by atoms with Crippen molar-refractivity contribution < 1.29 is 4.79 Å². The largest absolute Gasteiger partial charge is 0.358 e. The van der Waals surface area contributed by atoms with E-state index in [1.165, 1.54) is 19.4 Å². The highest BCUT2D eigenvalue weighted by Gasteiger charge is 2.22. The summed E-state index contributed by atoms with van der Waals surface area (Å²) in [5.41, 5.74) is 0. The van der Waals surface area contributed by atoms with Crippen molar-refractivity contribution in [2.45, 2.75) is 25.8 Å². The van der Waals surface area contributed by atoms with Crippen molar-refractivity contribution in [3.8, 4) is 0 Å². The lowest BCUT2D eigenvalue weighted by Gasteiger charge is -2.22. The third-order valence-electron chi connectivity index (χ3n) is 2.85. The number of rotatable bonds is 5. The first-order chi connectivity index (χ1) is 6.77. The van der Waals surface area contributed by atoms with Crippen molar-refractivity contribution in [2.24, 2.45) is 0 Å². The highest BCUT2D eigenvalue weighted by Crippen LogP contribution is 2.15. The third-order valence-corrected chi connectivity index (χ3v) is 2.85. The number of carbonyl (C=O) groups is 1. The van der Waals surface area contributed by atoms with E-state index in [0.29, 0.717) is 12.6 Å². The van der Waals surface area contributed by atoms with Gasteiger partial charge in [-0.2, -0.15) is 0 Å². The summed E-state index contributed by atoms with van der Waals surface area (Å²) >= 11 is 0. The van der Waals surface area contributed by atoms with Gasteiger partial charge in [-0.15, -0.1) is 0 Å². The van der Waals surface area contributed by atoms with Crippen molar-refractivity contribution in [1.82, 2.24) is 15.5 Å². The van der Waals surface area contributed by atoms with Crippen molar-refractivity contribution in [2.75, 3.05) is 33.2 Å². The molecule has 1 aliphatic rings. The average molecular weight is 199 g/mol. The molecule has 82 valence electrons. The number of amides is 1. The minimum Gasteiger partial charge on any atom is -0.358 e. The minimum atomic E-state index is 0.0612. The van der Waals surface area contributed by atoms with Crippen LogP contribution in [0.15, 0.2) is 0 Å². The summed E-state index contributed by atoms with van der Waals surface area (Å²) in [5.74, 6) is 0.0612. The molecule has 1 amide bonds. The summed E-state index contributed by atoms with van der Waals surface area (Å²) in [6, 6.07) is 0.629. The second-order valence-electron chi connectivity index (χ2n) is 3.73. The lowest BCUT2D eigenvalue weighted by Crippen LogP contribution is -2.41. The molecule has 1 unspecified atom stereocenters. The molecule has 0 saturated carbocycles. The van der Waals surface area contributed by atoms with E-state index in [1.54, 1.807) is 7.05 Å². The number of likely N-dealkylation sites (N-methyl/N-ethyl adjacent to an activating group) is 2. The zero-order valence-electron chi connectivity index (χ0n) is 9.18. The molecule has 0 aromatic carbocycles. The second kappa shape index (κ2) is 5.98. The number of hydrogen-bond acceptors (Lipinski definition) is 3. The molecule has 1 atom stereocenters. The fourth-order valence-corrected chi connectivity index (χ4v) is 1.98. The maximum Gasteiger partial charge on any atom is 0.233 e. The molecule has 2 N–H and O–H groups in total. The number of nitrogens with one attached hydrogen (secondary N) is 2.